The number of benzene rings is 2. The normalized spacial score (nSPS) is 13.4. The number of rotatable bonds is 5. The number of carboxylic acid groups (broad SMARTS) is 1. The molecular weight excluding hydrogens is 409 g/mol. The molecule has 3 rings (SSSR count). The van der Waals surface area contributed by atoms with Crippen molar-refractivity contribution in [1.29, 1.82) is 0 Å². The predicted octanol–water partition coefficient (Wildman–Crippen LogP) is 4.45. The fraction of sp³-hybridized carbons (Fsp3) is 0.222. The number of nitro groups is 1. The van der Waals surface area contributed by atoms with E-state index >= 15 is 0 Å². The second-order valence-electron chi connectivity index (χ2n) is 6.22. The van der Waals surface area contributed by atoms with Crippen molar-refractivity contribution in [2.24, 2.45) is 0 Å². The molecule has 1 amide bonds. The standard InChI is InChI=1S/C18H15Cl2N3O5/c19-13-9-14(20)15(8-11(13)18(25)26)21-17(24)12-7-10(23(27)28)3-4-16(12)22-5-1-2-6-22/h3-4,7-9H,1-2,5-6H2,(H,21,24)(H,25,26). The minimum atomic E-state index is -1.27. The van der Waals surface area contributed by atoms with Crippen LogP contribution in [-0.2, 0) is 0 Å². The summed E-state index contributed by atoms with van der Waals surface area (Å²) >= 11 is 11.9. The number of anilines is 2. The summed E-state index contributed by atoms with van der Waals surface area (Å²) in [4.78, 5) is 36.7. The molecule has 1 fully saturated rings. The van der Waals surface area contributed by atoms with Crippen molar-refractivity contribution >= 4 is 52.1 Å². The number of carbonyl (C=O) groups is 2. The summed E-state index contributed by atoms with van der Waals surface area (Å²) in [6.45, 7) is 1.48. The van der Waals surface area contributed by atoms with Crippen molar-refractivity contribution in [2.45, 2.75) is 12.8 Å². The van der Waals surface area contributed by atoms with Gasteiger partial charge in [0.15, 0.2) is 0 Å². The van der Waals surface area contributed by atoms with Gasteiger partial charge in [-0.3, -0.25) is 14.9 Å². The number of non-ortho nitro benzene ring substituents is 1. The van der Waals surface area contributed by atoms with Crippen molar-refractivity contribution < 1.29 is 19.6 Å². The van der Waals surface area contributed by atoms with E-state index in [1.807, 2.05) is 4.90 Å². The molecule has 1 heterocycles. The highest BCUT2D eigenvalue weighted by molar-refractivity contribution is 6.38. The predicted molar refractivity (Wildman–Crippen MR) is 106 cm³/mol. The maximum absolute atomic E-state index is 12.9. The molecule has 1 saturated heterocycles. The van der Waals surface area contributed by atoms with E-state index in [0.717, 1.165) is 32.0 Å². The Bertz CT molecular complexity index is 974. The van der Waals surface area contributed by atoms with Crippen molar-refractivity contribution in [3.8, 4) is 0 Å². The van der Waals surface area contributed by atoms with E-state index in [2.05, 4.69) is 5.32 Å². The molecule has 0 unspecified atom stereocenters. The number of hydrogen-bond acceptors (Lipinski definition) is 5. The van der Waals surface area contributed by atoms with Gasteiger partial charge in [0.1, 0.15) is 0 Å². The van der Waals surface area contributed by atoms with E-state index in [1.54, 1.807) is 6.07 Å². The Hall–Kier alpha value is -2.84. The first-order valence-electron chi connectivity index (χ1n) is 8.35. The van der Waals surface area contributed by atoms with Gasteiger partial charge in [-0.2, -0.15) is 0 Å². The van der Waals surface area contributed by atoms with Crippen LogP contribution in [0, 0.1) is 10.1 Å². The van der Waals surface area contributed by atoms with Crippen LogP contribution in [0.2, 0.25) is 10.0 Å². The Labute approximate surface area is 169 Å². The number of nitrogens with one attached hydrogen (secondary N) is 1. The van der Waals surface area contributed by atoms with Crippen LogP contribution in [0.5, 0.6) is 0 Å². The van der Waals surface area contributed by atoms with Gasteiger partial charge in [0.05, 0.1) is 37.5 Å². The fourth-order valence-electron chi connectivity index (χ4n) is 3.05. The molecule has 2 N–H and O–H groups in total. The molecule has 0 bridgehead atoms. The molecule has 2 aromatic rings. The van der Waals surface area contributed by atoms with E-state index in [4.69, 9.17) is 23.2 Å². The number of carbonyl (C=O) groups excluding carboxylic acids is 1. The lowest BCUT2D eigenvalue weighted by molar-refractivity contribution is -0.384. The molecule has 28 heavy (non-hydrogen) atoms. The maximum atomic E-state index is 12.9. The molecule has 0 aromatic heterocycles. The van der Waals surface area contributed by atoms with Crippen LogP contribution in [0.25, 0.3) is 0 Å². The van der Waals surface area contributed by atoms with Crippen LogP contribution in [0.4, 0.5) is 17.1 Å². The zero-order chi connectivity index (χ0) is 20.4. The lowest BCUT2D eigenvalue weighted by Crippen LogP contribution is -2.23. The second kappa shape index (κ2) is 8.04. The molecule has 0 atom stereocenters. The van der Waals surface area contributed by atoms with E-state index in [1.165, 1.54) is 18.2 Å². The van der Waals surface area contributed by atoms with E-state index in [9.17, 15) is 24.8 Å². The third kappa shape index (κ3) is 4.02. The maximum Gasteiger partial charge on any atom is 0.337 e. The van der Waals surface area contributed by atoms with Gasteiger partial charge in [-0.05, 0) is 31.0 Å². The molecule has 0 spiro atoms. The summed E-state index contributed by atoms with van der Waals surface area (Å²) in [6.07, 6.45) is 1.92. The van der Waals surface area contributed by atoms with Crippen molar-refractivity contribution in [2.75, 3.05) is 23.3 Å². The van der Waals surface area contributed by atoms with E-state index in [0.29, 0.717) is 5.69 Å². The molecule has 1 aliphatic heterocycles. The molecule has 10 heteroatoms. The second-order valence-corrected chi connectivity index (χ2v) is 7.04. The fourth-order valence-corrected chi connectivity index (χ4v) is 3.56. The topological polar surface area (TPSA) is 113 Å². The Balaban J connectivity index is 2.00. The largest absolute Gasteiger partial charge is 0.478 e. The Morgan fingerprint density at radius 1 is 1.07 bits per heavy atom. The smallest absolute Gasteiger partial charge is 0.337 e. The molecular formula is C18H15Cl2N3O5. The van der Waals surface area contributed by atoms with Crippen LogP contribution < -0.4 is 10.2 Å². The summed E-state index contributed by atoms with van der Waals surface area (Å²) < 4.78 is 0. The summed E-state index contributed by atoms with van der Waals surface area (Å²) in [6, 6.07) is 6.46. The van der Waals surface area contributed by atoms with Crippen molar-refractivity contribution in [3.63, 3.8) is 0 Å². The van der Waals surface area contributed by atoms with Gasteiger partial charge in [0, 0.05) is 25.2 Å². The zero-order valence-corrected chi connectivity index (χ0v) is 16.0. The first-order chi connectivity index (χ1) is 13.3. The van der Waals surface area contributed by atoms with Crippen LogP contribution in [0.3, 0.4) is 0 Å². The van der Waals surface area contributed by atoms with Crippen LogP contribution in [-0.4, -0.2) is 35.0 Å². The molecule has 1 aliphatic rings. The molecule has 8 nitrogen and oxygen atoms in total. The highest BCUT2D eigenvalue weighted by atomic mass is 35.5. The first kappa shape index (κ1) is 19.9. The van der Waals surface area contributed by atoms with Crippen LogP contribution in [0.1, 0.15) is 33.6 Å². The van der Waals surface area contributed by atoms with Gasteiger partial charge in [-0.15, -0.1) is 0 Å². The SMILES string of the molecule is O=C(O)c1cc(NC(=O)c2cc([N+](=O)[O-])ccc2N2CCCC2)c(Cl)cc1Cl. The summed E-state index contributed by atoms with van der Waals surface area (Å²) in [5.41, 5.74) is 0.289. The van der Waals surface area contributed by atoms with E-state index in [-0.39, 0.29) is 32.5 Å². The Kier molecular flexibility index (Phi) is 5.71. The molecule has 0 aliphatic carbocycles. The van der Waals surface area contributed by atoms with Crippen LogP contribution >= 0.6 is 23.2 Å². The molecule has 2 aromatic carbocycles. The monoisotopic (exact) mass is 423 g/mol. The quantitative estimate of drug-likeness (QED) is 0.542. The van der Waals surface area contributed by atoms with E-state index < -0.39 is 16.8 Å². The number of carboxylic acids is 1. The number of nitro benzene ring substituents is 1. The summed E-state index contributed by atoms with van der Waals surface area (Å²) in [5, 5.41) is 22.9. The van der Waals surface area contributed by atoms with Crippen molar-refractivity contribution in [3.05, 3.63) is 61.6 Å². The number of hydrogen-bond donors (Lipinski definition) is 2. The van der Waals surface area contributed by atoms with Gasteiger partial charge in [-0.25, -0.2) is 4.79 Å². The number of aromatic carboxylic acids is 1. The molecule has 0 radical (unpaired) electrons. The number of nitrogens with zero attached hydrogens (tertiary/aromatic N) is 2. The zero-order valence-electron chi connectivity index (χ0n) is 14.4. The Morgan fingerprint density at radius 3 is 2.36 bits per heavy atom. The highest BCUT2D eigenvalue weighted by Gasteiger charge is 2.23. The van der Waals surface area contributed by atoms with Gasteiger partial charge in [0.2, 0.25) is 0 Å². The average Bonchev–Trinajstić information content (AvgIpc) is 3.17. The minimum absolute atomic E-state index is 0.0485. The molecule has 146 valence electrons. The van der Waals surface area contributed by atoms with Gasteiger partial charge < -0.3 is 15.3 Å². The average molecular weight is 424 g/mol. The summed E-state index contributed by atoms with van der Waals surface area (Å²) in [5.74, 6) is -1.91. The molecule has 0 saturated carbocycles. The van der Waals surface area contributed by atoms with Gasteiger partial charge in [0.25, 0.3) is 11.6 Å². The Morgan fingerprint density at radius 2 is 1.75 bits per heavy atom. The lowest BCUT2D eigenvalue weighted by atomic mass is 10.1. The van der Waals surface area contributed by atoms with Gasteiger partial charge in [-0.1, -0.05) is 23.2 Å². The third-order valence-electron chi connectivity index (χ3n) is 4.42. The van der Waals surface area contributed by atoms with Crippen molar-refractivity contribution in [1.82, 2.24) is 0 Å². The number of halogens is 2. The lowest BCUT2D eigenvalue weighted by Gasteiger charge is -2.21. The van der Waals surface area contributed by atoms with Gasteiger partial charge >= 0.3 is 5.97 Å². The first-order valence-corrected chi connectivity index (χ1v) is 9.10. The minimum Gasteiger partial charge on any atom is -0.478 e. The third-order valence-corrected chi connectivity index (χ3v) is 5.04. The summed E-state index contributed by atoms with van der Waals surface area (Å²) in [7, 11) is 0. The number of amides is 1. The van der Waals surface area contributed by atoms with Crippen LogP contribution in [0.15, 0.2) is 30.3 Å². The highest BCUT2D eigenvalue weighted by Crippen LogP contribution is 2.32.